The third-order valence-corrected chi connectivity index (χ3v) is 3.02. The van der Waals surface area contributed by atoms with Crippen molar-refractivity contribution >= 4 is 0 Å². The van der Waals surface area contributed by atoms with E-state index in [0.717, 1.165) is 6.42 Å². The Bertz CT molecular complexity index is 306. The van der Waals surface area contributed by atoms with Crippen molar-refractivity contribution < 1.29 is 0 Å². The molecule has 1 aromatic carbocycles. The normalized spacial score (nSPS) is 11.8. The molecule has 0 nitrogen and oxygen atoms in total. The summed E-state index contributed by atoms with van der Waals surface area (Å²) in [4.78, 5) is 0. The van der Waals surface area contributed by atoms with Crippen molar-refractivity contribution in [3.63, 3.8) is 0 Å². The first-order valence-corrected chi connectivity index (χ1v) is 6.34. The lowest BCUT2D eigenvalue weighted by atomic mass is 9.85. The second-order valence-corrected chi connectivity index (χ2v) is 5.61. The zero-order valence-corrected chi connectivity index (χ0v) is 11.6. The molecule has 0 spiro atoms. The average Bonchev–Trinajstić information content (AvgIpc) is 2.16. The van der Waals surface area contributed by atoms with Crippen LogP contribution in [-0.4, -0.2) is 0 Å². The average molecular weight is 217 g/mol. The fourth-order valence-corrected chi connectivity index (χ4v) is 2.26. The Kier molecular flexibility index (Phi) is 4.58. The second-order valence-electron chi connectivity index (χ2n) is 5.61. The smallest absolute Gasteiger partial charge is 0.0216 e. The topological polar surface area (TPSA) is 0 Å². The standard InChI is InChI=1S/C16H25/c1-11(2)10-16-14(12(3)4)8-7-9-15(16)13(5)6/h7-9,12-13H,10H2,1-6H3. The van der Waals surface area contributed by atoms with Crippen molar-refractivity contribution in [2.24, 2.45) is 0 Å². The fraction of sp³-hybridized carbons (Fsp3) is 0.562. The molecule has 0 atom stereocenters. The van der Waals surface area contributed by atoms with E-state index < -0.39 is 0 Å². The van der Waals surface area contributed by atoms with Gasteiger partial charge in [-0.05, 0) is 40.9 Å². The van der Waals surface area contributed by atoms with E-state index in [1.165, 1.54) is 17.0 Å². The highest BCUT2D eigenvalue weighted by Gasteiger charge is 2.14. The Hall–Kier alpha value is -0.780. The highest BCUT2D eigenvalue weighted by atomic mass is 14.2. The summed E-state index contributed by atoms with van der Waals surface area (Å²) in [6.45, 7) is 13.6. The van der Waals surface area contributed by atoms with Gasteiger partial charge >= 0.3 is 0 Å². The minimum Gasteiger partial charge on any atom is -0.0617 e. The van der Waals surface area contributed by atoms with Gasteiger partial charge < -0.3 is 0 Å². The van der Waals surface area contributed by atoms with Gasteiger partial charge in [-0.2, -0.15) is 0 Å². The summed E-state index contributed by atoms with van der Waals surface area (Å²) in [5, 5.41) is 0. The molecule has 0 N–H and O–H groups in total. The van der Waals surface area contributed by atoms with Gasteiger partial charge in [0.2, 0.25) is 0 Å². The van der Waals surface area contributed by atoms with Crippen LogP contribution in [0.2, 0.25) is 0 Å². The van der Waals surface area contributed by atoms with Gasteiger partial charge in [0, 0.05) is 0 Å². The van der Waals surface area contributed by atoms with Gasteiger partial charge in [-0.15, -0.1) is 0 Å². The van der Waals surface area contributed by atoms with Crippen molar-refractivity contribution in [3.05, 3.63) is 40.8 Å². The van der Waals surface area contributed by atoms with Crippen molar-refractivity contribution in [2.45, 2.75) is 59.8 Å². The number of hydrogen-bond donors (Lipinski definition) is 0. The summed E-state index contributed by atoms with van der Waals surface area (Å²) < 4.78 is 0. The van der Waals surface area contributed by atoms with Crippen LogP contribution in [0.3, 0.4) is 0 Å². The largest absolute Gasteiger partial charge is 0.0617 e. The van der Waals surface area contributed by atoms with E-state index in [0.29, 0.717) is 11.8 Å². The molecule has 1 aromatic rings. The zero-order valence-electron chi connectivity index (χ0n) is 11.6. The number of benzene rings is 1. The lowest BCUT2D eigenvalue weighted by molar-refractivity contribution is 0.788. The van der Waals surface area contributed by atoms with Crippen LogP contribution < -0.4 is 0 Å². The predicted molar refractivity (Wildman–Crippen MR) is 72.9 cm³/mol. The molecule has 1 rings (SSSR count). The Morgan fingerprint density at radius 3 is 1.69 bits per heavy atom. The third kappa shape index (κ3) is 3.10. The third-order valence-electron chi connectivity index (χ3n) is 3.02. The first-order valence-electron chi connectivity index (χ1n) is 6.34. The maximum Gasteiger partial charge on any atom is -0.0216 e. The van der Waals surface area contributed by atoms with Crippen molar-refractivity contribution in [1.29, 1.82) is 0 Å². The van der Waals surface area contributed by atoms with Crippen molar-refractivity contribution in [2.75, 3.05) is 0 Å². The quantitative estimate of drug-likeness (QED) is 0.659. The van der Waals surface area contributed by atoms with E-state index >= 15 is 0 Å². The Balaban J connectivity index is 3.23. The summed E-state index contributed by atoms with van der Waals surface area (Å²) >= 11 is 0. The van der Waals surface area contributed by atoms with Gasteiger partial charge in [-0.3, -0.25) is 0 Å². The highest BCUT2D eigenvalue weighted by molar-refractivity contribution is 5.40. The predicted octanol–water partition coefficient (Wildman–Crippen LogP) is 5.09. The molecule has 0 aromatic heterocycles. The van der Waals surface area contributed by atoms with E-state index in [1.807, 2.05) is 0 Å². The lowest BCUT2D eigenvalue weighted by Gasteiger charge is -2.20. The molecule has 0 aliphatic rings. The van der Waals surface area contributed by atoms with Crippen LogP contribution in [0.4, 0.5) is 0 Å². The summed E-state index contributed by atoms with van der Waals surface area (Å²) in [6, 6.07) is 6.78. The minimum absolute atomic E-state index is 0.619. The molecule has 0 aliphatic carbocycles. The van der Waals surface area contributed by atoms with Crippen LogP contribution in [0.25, 0.3) is 0 Å². The number of hydrogen-bond acceptors (Lipinski definition) is 0. The molecule has 0 fully saturated rings. The van der Waals surface area contributed by atoms with Crippen molar-refractivity contribution in [3.8, 4) is 0 Å². The molecule has 0 heterocycles. The van der Waals surface area contributed by atoms with Crippen LogP contribution in [0.1, 0.15) is 70.1 Å². The monoisotopic (exact) mass is 217 g/mol. The van der Waals surface area contributed by atoms with Crippen LogP contribution in [0.5, 0.6) is 0 Å². The maximum atomic E-state index is 2.29. The van der Waals surface area contributed by atoms with Crippen LogP contribution >= 0.6 is 0 Å². The summed E-state index contributed by atoms with van der Waals surface area (Å²) in [5.74, 6) is 2.73. The van der Waals surface area contributed by atoms with Gasteiger partial charge in [0.25, 0.3) is 0 Å². The molecule has 0 heteroatoms. The molecule has 0 aliphatic heterocycles. The second kappa shape index (κ2) is 5.52. The summed E-state index contributed by atoms with van der Waals surface area (Å²) in [5.41, 5.74) is 4.60. The molecule has 0 bridgehead atoms. The molecule has 0 amide bonds. The van der Waals surface area contributed by atoms with Gasteiger partial charge in [-0.1, -0.05) is 59.7 Å². The molecular weight excluding hydrogens is 192 g/mol. The minimum atomic E-state index is 0.619. The molecule has 0 saturated heterocycles. The fourth-order valence-electron chi connectivity index (χ4n) is 2.26. The van der Waals surface area contributed by atoms with Gasteiger partial charge in [0.1, 0.15) is 0 Å². The van der Waals surface area contributed by atoms with Crippen LogP contribution in [0.15, 0.2) is 18.2 Å². The van der Waals surface area contributed by atoms with Gasteiger partial charge in [0.05, 0.1) is 0 Å². The molecule has 0 saturated carbocycles. The first kappa shape index (κ1) is 13.3. The van der Waals surface area contributed by atoms with E-state index in [4.69, 9.17) is 0 Å². The maximum absolute atomic E-state index is 2.29. The Morgan fingerprint density at radius 2 is 1.38 bits per heavy atom. The Morgan fingerprint density at radius 1 is 0.938 bits per heavy atom. The molecular formula is C16H25. The van der Waals surface area contributed by atoms with Crippen LogP contribution in [0, 0.1) is 5.92 Å². The Labute approximate surface area is 101 Å². The molecule has 89 valence electrons. The molecule has 0 unspecified atom stereocenters. The lowest BCUT2D eigenvalue weighted by Crippen LogP contribution is -2.05. The summed E-state index contributed by atoms with van der Waals surface area (Å²) in [7, 11) is 0. The SMILES string of the molecule is C[C](C)Cc1c(C(C)C)cccc1C(C)C. The van der Waals surface area contributed by atoms with E-state index in [9.17, 15) is 0 Å². The van der Waals surface area contributed by atoms with E-state index in [2.05, 4.69) is 59.7 Å². The molecule has 16 heavy (non-hydrogen) atoms. The first-order chi connectivity index (χ1) is 7.43. The zero-order chi connectivity index (χ0) is 12.3. The van der Waals surface area contributed by atoms with E-state index in [-0.39, 0.29) is 0 Å². The number of rotatable bonds is 4. The summed E-state index contributed by atoms with van der Waals surface area (Å²) in [6.07, 6.45) is 1.13. The van der Waals surface area contributed by atoms with Crippen molar-refractivity contribution in [1.82, 2.24) is 0 Å². The van der Waals surface area contributed by atoms with Crippen LogP contribution in [-0.2, 0) is 6.42 Å². The van der Waals surface area contributed by atoms with Gasteiger partial charge in [-0.25, -0.2) is 0 Å². The highest BCUT2D eigenvalue weighted by Crippen LogP contribution is 2.29. The molecule has 1 radical (unpaired) electrons. The van der Waals surface area contributed by atoms with E-state index in [1.54, 1.807) is 5.56 Å². The van der Waals surface area contributed by atoms with Gasteiger partial charge in [0.15, 0.2) is 0 Å².